The molecule has 3 N–H and O–H groups in total. The molecule has 0 saturated carbocycles. The molecule has 1 atom stereocenters. The number of amides is 1. The van der Waals surface area contributed by atoms with Crippen molar-refractivity contribution in [1.82, 2.24) is 10.3 Å². The van der Waals surface area contributed by atoms with Gasteiger partial charge in [-0.3, -0.25) is 14.4 Å². The number of ketones is 1. The zero-order chi connectivity index (χ0) is 23.5. The normalized spacial score (nSPS) is 11.8. The van der Waals surface area contributed by atoms with Crippen LogP contribution in [-0.4, -0.2) is 33.8 Å². The SMILES string of the molecule is C[C@H](NC(=O)c1ccc(-c2ccsc2)cc1)C(=O)Cc1ccc2[nH]cc(C(=O)O)c(=O)c2c1. The maximum atomic E-state index is 12.7. The van der Waals surface area contributed by atoms with Gasteiger partial charge in [0.1, 0.15) is 5.56 Å². The number of carboxylic acid groups (broad SMARTS) is 1. The first-order valence-corrected chi connectivity index (χ1v) is 11.1. The standard InChI is InChI=1S/C25H20N2O5S/c1-14(27-24(30)17-5-3-16(4-6-17)18-8-9-33-13-18)22(28)11-15-2-7-21-19(10-15)23(29)20(12-26-21)25(31)32/h2-10,12-14H,11H2,1H3,(H,26,29)(H,27,30)(H,31,32)/t14-/m0/s1. The fraction of sp³-hybridized carbons (Fsp3) is 0.120. The van der Waals surface area contributed by atoms with Crippen LogP contribution in [0.2, 0.25) is 0 Å². The van der Waals surface area contributed by atoms with E-state index < -0.39 is 17.4 Å². The number of pyridine rings is 1. The fourth-order valence-electron chi connectivity index (χ4n) is 3.49. The van der Waals surface area contributed by atoms with Crippen LogP contribution in [0.1, 0.15) is 33.2 Å². The molecule has 0 aliphatic rings. The quantitative estimate of drug-likeness (QED) is 0.387. The van der Waals surface area contributed by atoms with Crippen molar-refractivity contribution in [3.05, 3.63) is 92.4 Å². The highest BCUT2D eigenvalue weighted by atomic mass is 32.1. The van der Waals surface area contributed by atoms with Crippen LogP contribution < -0.4 is 10.7 Å². The van der Waals surface area contributed by atoms with E-state index in [0.717, 1.165) is 17.3 Å². The van der Waals surface area contributed by atoms with Gasteiger partial charge in [0.05, 0.1) is 6.04 Å². The van der Waals surface area contributed by atoms with Gasteiger partial charge in [0.25, 0.3) is 5.91 Å². The summed E-state index contributed by atoms with van der Waals surface area (Å²) in [5, 5.41) is 16.1. The Balaban J connectivity index is 1.44. The van der Waals surface area contributed by atoms with Crippen LogP contribution >= 0.6 is 11.3 Å². The zero-order valence-electron chi connectivity index (χ0n) is 17.6. The van der Waals surface area contributed by atoms with Crippen LogP contribution in [0.5, 0.6) is 0 Å². The first-order chi connectivity index (χ1) is 15.8. The van der Waals surface area contributed by atoms with Gasteiger partial charge in [-0.05, 0) is 64.7 Å². The molecule has 4 rings (SSSR count). The largest absolute Gasteiger partial charge is 0.477 e. The lowest BCUT2D eigenvalue weighted by atomic mass is 10.0. The summed E-state index contributed by atoms with van der Waals surface area (Å²) in [4.78, 5) is 51.6. The molecule has 0 radical (unpaired) electrons. The molecule has 2 aromatic carbocycles. The second-order valence-electron chi connectivity index (χ2n) is 7.64. The molecule has 0 unspecified atom stereocenters. The van der Waals surface area contributed by atoms with Crippen LogP contribution in [-0.2, 0) is 11.2 Å². The molecule has 7 nitrogen and oxygen atoms in total. The number of H-pyrrole nitrogens is 1. The van der Waals surface area contributed by atoms with Crippen molar-refractivity contribution < 1.29 is 19.5 Å². The molecule has 0 saturated heterocycles. The van der Waals surface area contributed by atoms with Gasteiger partial charge < -0.3 is 15.4 Å². The van der Waals surface area contributed by atoms with Gasteiger partial charge in [0, 0.05) is 29.1 Å². The second-order valence-corrected chi connectivity index (χ2v) is 8.42. The van der Waals surface area contributed by atoms with Gasteiger partial charge in [-0.2, -0.15) is 11.3 Å². The summed E-state index contributed by atoms with van der Waals surface area (Å²) >= 11 is 1.60. The van der Waals surface area contributed by atoms with Crippen molar-refractivity contribution in [3.8, 4) is 11.1 Å². The number of hydrogen-bond acceptors (Lipinski definition) is 5. The number of aromatic nitrogens is 1. The summed E-state index contributed by atoms with van der Waals surface area (Å²) in [7, 11) is 0. The number of benzene rings is 2. The van der Waals surface area contributed by atoms with E-state index in [1.165, 1.54) is 6.07 Å². The fourth-order valence-corrected chi connectivity index (χ4v) is 4.16. The van der Waals surface area contributed by atoms with Gasteiger partial charge in [-0.25, -0.2) is 4.79 Å². The second kappa shape index (κ2) is 9.22. The third-order valence-electron chi connectivity index (χ3n) is 5.39. The number of aromatic amines is 1. The summed E-state index contributed by atoms with van der Waals surface area (Å²) in [5.41, 5.74) is 2.60. The monoisotopic (exact) mass is 460 g/mol. The zero-order valence-corrected chi connectivity index (χ0v) is 18.4. The lowest BCUT2D eigenvalue weighted by Crippen LogP contribution is -2.39. The van der Waals surface area contributed by atoms with Crippen molar-refractivity contribution >= 4 is 39.9 Å². The van der Waals surface area contributed by atoms with Crippen molar-refractivity contribution in [2.24, 2.45) is 0 Å². The third kappa shape index (κ3) is 4.75. The maximum Gasteiger partial charge on any atom is 0.341 e. The Labute approximate surface area is 192 Å². The molecular formula is C25H20N2O5S. The van der Waals surface area contributed by atoms with E-state index in [9.17, 15) is 19.2 Å². The van der Waals surface area contributed by atoms with Gasteiger partial charge in [0.15, 0.2) is 5.78 Å². The van der Waals surface area contributed by atoms with E-state index in [-0.39, 0.29) is 29.1 Å². The highest BCUT2D eigenvalue weighted by Crippen LogP contribution is 2.22. The lowest BCUT2D eigenvalue weighted by molar-refractivity contribution is -0.119. The molecule has 2 aromatic heterocycles. The molecule has 1 amide bonds. The summed E-state index contributed by atoms with van der Waals surface area (Å²) in [6.07, 6.45) is 1.15. The van der Waals surface area contributed by atoms with Crippen LogP contribution in [0.3, 0.4) is 0 Å². The molecule has 0 aliphatic heterocycles. The van der Waals surface area contributed by atoms with Crippen molar-refractivity contribution in [1.29, 1.82) is 0 Å². The van der Waals surface area contributed by atoms with E-state index in [4.69, 9.17) is 5.11 Å². The Morgan fingerprint density at radius 1 is 1.06 bits per heavy atom. The van der Waals surface area contributed by atoms with Gasteiger partial charge in [-0.15, -0.1) is 0 Å². The first kappa shape index (κ1) is 22.2. The number of carbonyl (C=O) groups excluding carboxylic acids is 2. The van der Waals surface area contributed by atoms with Crippen molar-refractivity contribution in [2.45, 2.75) is 19.4 Å². The number of rotatable bonds is 7. The van der Waals surface area contributed by atoms with Crippen LogP contribution in [0.25, 0.3) is 22.0 Å². The van der Waals surface area contributed by atoms with E-state index >= 15 is 0 Å². The Hall–Kier alpha value is -4.04. The molecule has 0 spiro atoms. The maximum absolute atomic E-state index is 12.7. The number of carbonyl (C=O) groups is 3. The Bertz CT molecular complexity index is 1410. The minimum absolute atomic E-state index is 0.00871. The molecule has 0 bridgehead atoms. The summed E-state index contributed by atoms with van der Waals surface area (Å²) in [6.45, 7) is 1.61. The van der Waals surface area contributed by atoms with Gasteiger partial charge in [-0.1, -0.05) is 18.2 Å². The van der Waals surface area contributed by atoms with Crippen molar-refractivity contribution in [3.63, 3.8) is 0 Å². The average molecular weight is 461 g/mol. The number of aromatic carboxylic acids is 1. The number of hydrogen-bond donors (Lipinski definition) is 3. The summed E-state index contributed by atoms with van der Waals surface area (Å²) in [5.74, 6) is -1.91. The predicted molar refractivity (Wildman–Crippen MR) is 127 cm³/mol. The average Bonchev–Trinajstić information content (AvgIpc) is 3.34. The number of nitrogens with one attached hydrogen (secondary N) is 2. The minimum Gasteiger partial charge on any atom is -0.477 e. The topological polar surface area (TPSA) is 116 Å². The number of fused-ring (bicyclic) bond motifs is 1. The highest BCUT2D eigenvalue weighted by Gasteiger charge is 2.18. The number of Topliss-reactive ketones (excluding diaryl/α,β-unsaturated/α-hetero) is 1. The molecule has 2 heterocycles. The smallest absolute Gasteiger partial charge is 0.341 e. The Morgan fingerprint density at radius 2 is 1.82 bits per heavy atom. The summed E-state index contributed by atoms with van der Waals surface area (Å²) in [6, 6.07) is 13.2. The van der Waals surface area contributed by atoms with E-state index in [1.54, 1.807) is 42.5 Å². The molecule has 0 aliphatic carbocycles. The molecule has 4 aromatic rings. The van der Waals surface area contributed by atoms with Gasteiger partial charge in [0.2, 0.25) is 5.43 Å². The number of carboxylic acids is 1. The molecule has 0 fully saturated rings. The Kier molecular flexibility index (Phi) is 6.19. The Morgan fingerprint density at radius 3 is 2.48 bits per heavy atom. The van der Waals surface area contributed by atoms with Crippen LogP contribution in [0.15, 0.2) is 70.3 Å². The molecule has 33 heavy (non-hydrogen) atoms. The molecular weight excluding hydrogens is 440 g/mol. The molecule has 8 heteroatoms. The summed E-state index contributed by atoms with van der Waals surface area (Å²) < 4.78 is 0. The highest BCUT2D eigenvalue weighted by molar-refractivity contribution is 7.08. The number of thiophene rings is 1. The third-order valence-corrected chi connectivity index (χ3v) is 6.07. The lowest BCUT2D eigenvalue weighted by Gasteiger charge is -2.13. The van der Waals surface area contributed by atoms with Crippen LogP contribution in [0.4, 0.5) is 0 Å². The van der Waals surface area contributed by atoms with Gasteiger partial charge >= 0.3 is 5.97 Å². The predicted octanol–water partition coefficient (Wildman–Crippen LogP) is 3.88. The van der Waals surface area contributed by atoms with Crippen LogP contribution in [0, 0.1) is 0 Å². The minimum atomic E-state index is -1.32. The van der Waals surface area contributed by atoms with Crippen molar-refractivity contribution in [2.75, 3.05) is 0 Å². The van der Waals surface area contributed by atoms with E-state index in [0.29, 0.717) is 16.6 Å². The van der Waals surface area contributed by atoms with E-state index in [2.05, 4.69) is 10.3 Å². The molecule has 166 valence electrons. The first-order valence-electron chi connectivity index (χ1n) is 10.2. The van der Waals surface area contributed by atoms with E-state index in [1.807, 2.05) is 29.0 Å².